The predicted molar refractivity (Wildman–Crippen MR) is 68.6 cm³/mol. The smallest absolute Gasteiger partial charge is 0.248 e. The van der Waals surface area contributed by atoms with Gasteiger partial charge >= 0.3 is 0 Å². The highest BCUT2D eigenvalue weighted by atomic mass is 19.1. The maximum atomic E-state index is 13.7. The number of nitrogens with two attached hydrogens (primary N) is 1. The molecule has 0 heterocycles. The van der Waals surface area contributed by atoms with Gasteiger partial charge < -0.3 is 11.1 Å². The van der Waals surface area contributed by atoms with Crippen LogP contribution in [0.25, 0.3) is 0 Å². The van der Waals surface area contributed by atoms with Crippen LogP contribution < -0.4 is 11.1 Å². The third-order valence-corrected chi connectivity index (χ3v) is 3.61. The van der Waals surface area contributed by atoms with E-state index in [0.29, 0.717) is 18.2 Å². The fourth-order valence-electron chi connectivity index (χ4n) is 2.49. The van der Waals surface area contributed by atoms with Crippen LogP contribution in [0.3, 0.4) is 0 Å². The van der Waals surface area contributed by atoms with E-state index < -0.39 is 5.91 Å². The Bertz CT molecular complexity index is 447. The minimum atomic E-state index is -0.599. The number of amides is 1. The van der Waals surface area contributed by atoms with Crippen molar-refractivity contribution >= 4 is 5.91 Å². The van der Waals surface area contributed by atoms with E-state index in [9.17, 15) is 9.18 Å². The van der Waals surface area contributed by atoms with Crippen molar-refractivity contribution in [1.29, 1.82) is 0 Å². The number of primary amides is 1. The van der Waals surface area contributed by atoms with Crippen LogP contribution in [0.5, 0.6) is 0 Å². The quantitative estimate of drug-likeness (QED) is 0.860. The first kappa shape index (κ1) is 13.0. The molecule has 1 fully saturated rings. The Morgan fingerprint density at radius 1 is 1.50 bits per heavy atom. The predicted octanol–water partition coefficient (Wildman–Crippen LogP) is 2.20. The molecule has 3 N–H and O–H groups in total. The molecule has 3 nitrogen and oxygen atoms in total. The molecule has 18 heavy (non-hydrogen) atoms. The molecule has 0 aromatic heterocycles. The van der Waals surface area contributed by atoms with E-state index in [1.807, 2.05) is 0 Å². The van der Waals surface area contributed by atoms with E-state index in [4.69, 9.17) is 5.73 Å². The van der Waals surface area contributed by atoms with E-state index in [1.165, 1.54) is 12.5 Å². The van der Waals surface area contributed by atoms with Gasteiger partial charge in [-0.25, -0.2) is 4.39 Å². The molecule has 2 rings (SSSR count). The van der Waals surface area contributed by atoms with Gasteiger partial charge in [-0.05, 0) is 37.3 Å². The van der Waals surface area contributed by atoms with Gasteiger partial charge in [0.05, 0.1) is 0 Å². The number of benzene rings is 1. The van der Waals surface area contributed by atoms with Gasteiger partial charge in [0.1, 0.15) is 5.82 Å². The molecule has 0 spiro atoms. The number of nitrogens with one attached hydrogen (secondary N) is 1. The van der Waals surface area contributed by atoms with Crippen molar-refractivity contribution in [3.8, 4) is 0 Å². The fraction of sp³-hybridized carbons (Fsp3) is 0.500. The molecule has 98 valence electrons. The summed E-state index contributed by atoms with van der Waals surface area (Å²) >= 11 is 0. The van der Waals surface area contributed by atoms with Crippen LogP contribution in [0.2, 0.25) is 0 Å². The fourth-order valence-corrected chi connectivity index (χ4v) is 2.49. The van der Waals surface area contributed by atoms with Crippen molar-refractivity contribution in [2.24, 2.45) is 11.7 Å². The molecule has 0 radical (unpaired) electrons. The Morgan fingerprint density at radius 2 is 2.28 bits per heavy atom. The van der Waals surface area contributed by atoms with Gasteiger partial charge in [-0.15, -0.1) is 0 Å². The van der Waals surface area contributed by atoms with Crippen LogP contribution in [0, 0.1) is 11.7 Å². The van der Waals surface area contributed by atoms with Crippen molar-refractivity contribution in [2.45, 2.75) is 38.8 Å². The molecule has 1 aromatic carbocycles. The maximum Gasteiger partial charge on any atom is 0.248 e. The summed E-state index contributed by atoms with van der Waals surface area (Å²) in [5.41, 5.74) is 5.90. The third kappa shape index (κ3) is 3.07. The molecule has 0 aliphatic heterocycles. The zero-order chi connectivity index (χ0) is 13.1. The van der Waals surface area contributed by atoms with E-state index in [2.05, 4.69) is 12.2 Å². The van der Waals surface area contributed by atoms with Crippen molar-refractivity contribution in [3.63, 3.8) is 0 Å². The molecule has 2 unspecified atom stereocenters. The Hall–Kier alpha value is -1.42. The monoisotopic (exact) mass is 250 g/mol. The molecule has 1 aliphatic carbocycles. The molecule has 1 aromatic rings. The lowest BCUT2D eigenvalue weighted by Gasteiger charge is -2.13. The largest absolute Gasteiger partial charge is 0.366 e. The van der Waals surface area contributed by atoms with Gasteiger partial charge in [-0.1, -0.05) is 13.0 Å². The normalized spacial score (nSPS) is 23.2. The molecule has 0 bridgehead atoms. The highest BCUT2D eigenvalue weighted by Gasteiger charge is 2.20. The number of carbonyl (C=O) groups excluding carboxylic acids is 1. The maximum absolute atomic E-state index is 13.7. The SMILES string of the molecule is CC1CCC(NCc2ccc(C(N)=O)cc2F)C1. The van der Waals surface area contributed by atoms with Crippen molar-refractivity contribution in [3.05, 3.63) is 35.1 Å². The number of hydrogen-bond acceptors (Lipinski definition) is 2. The molecule has 1 amide bonds. The minimum Gasteiger partial charge on any atom is -0.366 e. The standard InChI is InChI=1S/C14H19FN2O/c1-9-2-5-12(6-9)17-8-11-4-3-10(14(16)18)7-13(11)15/h3-4,7,9,12,17H,2,5-6,8H2,1H3,(H2,16,18). The average Bonchev–Trinajstić information content (AvgIpc) is 2.73. The highest BCUT2D eigenvalue weighted by molar-refractivity contribution is 5.92. The average molecular weight is 250 g/mol. The zero-order valence-corrected chi connectivity index (χ0v) is 10.6. The number of hydrogen-bond donors (Lipinski definition) is 2. The van der Waals surface area contributed by atoms with Gasteiger partial charge in [0.15, 0.2) is 0 Å². The second kappa shape index (κ2) is 5.48. The molecule has 1 saturated carbocycles. The number of rotatable bonds is 4. The Labute approximate surface area is 107 Å². The van der Waals surface area contributed by atoms with Crippen molar-refractivity contribution in [1.82, 2.24) is 5.32 Å². The Kier molecular flexibility index (Phi) is 3.97. The van der Waals surface area contributed by atoms with Gasteiger partial charge in [0.2, 0.25) is 5.91 Å². The summed E-state index contributed by atoms with van der Waals surface area (Å²) in [6, 6.07) is 4.88. The molecule has 0 saturated heterocycles. The van der Waals surface area contributed by atoms with Gasteiger partial charge in [0.25, 0.3) is 0 Å². The molecule has 1 aliphatic rings. The molecule has 2 atom stereocenters. The number of halogens is 1. The lowest BCUT2D eigenvalue weighted by Crippen LogP contribution is -2.26. The van der Waals surface area contributed by atoms with E-state index in [-0.39, 0.29) is 11.4 Å². The summed E-state index contributed by atoms with van der Waals surface area (Å²) in [4.78, 5) is 10.9. The van der Waals surface area contributed by atoms with Gasteiger partial charge in [-0.2, -0.15) is 0 Å². The van der Waals surface area contributed by atoms with Gasteiger partial charge in [0, 0.05) is 23.7 Å². The van der Waals surface area contributed by atoms with Crippen LogP contribution in [0.4, 0.5) is 4.39 Å². The Morgan fingerprint density at radius 3 is 2.83 bits per heavy atom. The van der Waals surface area contributed by atoms with Crippen molar-refractivity contribution < 1.29 is 9.18 Å². The third-order valence-electron chi connectivity index (χ3n) is 3.61. The summed E-state index contributed by atoms with van der Waals surface area (Å²) in [5.74, 6) is -0.215. The molecular weight excluding hydrogens is 231 g/mol. The second-order valence-electron chi connectivity index (χ2n) is 5.17. The minimum absolute atomic E-state index is 0.214. The van der Waals surface area contributed by atoms with Gasteiger partial charge in [-0.3, -0.25) is 4.79 Å². The zero-order valence-electron chi connectivity index (χ0n) is 10.6. The molecule has 4 heteroatoms. The lowest BCUT2D eigenvalue weighted by atomic mass is 10.1. The summed E-state index contributed by atoms with van der Waals surface area (Å²) in [7, 11) is 0. The van der Waals surface area contributed by atoms with Crippen LogP contribution in [-0.4, -0.2) is 11.9 Å². The second-order valence-corrected chi connectivity index (χ2v) is 5.17. The summed E-state index contributed by atoms with van der Waals surface area (Å²) < 4.78 is 13.7. The summed E-state index contributed by atoms with van der Waals surface area (Å²) in [6.45, 7) is 2.74. The first-order chi connectivity index (χ1) is 8.56. The van der Waals surface area contributed by atoms with Crippen LogP contribution >= 0.6 is 0 Å². The van der Waals surface area contributed by atoms with Crippen LogP contribution in [0.1, 0.15) is 42.1 Å². The first-order valence-corrected chi connectivity index (χ1v) is 6.38. The van der Waals surface area contributed by atoms with E-state index >= 15 is 0 Å². The van der Waals surface area contributed by atoms with Crippen LogP contribution in [-0.2, 0) is 6.54 Å². The van der Waals surface area contributed by atoms with Crippen LogP contribution in [0.15, 0.2) is 18.2 Å². The van der Waals surface area contributed by atoms with E-state index in [0.717, 1.165) is 18.8 Å². The van der Waals surface area contributed by atoms with E-state index in [1.54, 1.807) is 12.1 Å². The highest BCUT2D eigenvalue weighted by Crippen LogP contribution is 2.25. The number of carbonyl (C=O) groups is 1. The topological polar surface area (TPSA) is 55.1 Å². The summed E-state index contributed by atoms with van der Waals surface area (Å²) in [6.07, 6.45) is 3.55. The molecular formula is C14H19FN2O. The van der Waals surface area contributed by atoms with Crippen molar-refractivity contribution in [2.75, 3.05) is 0 Å². The lowest BCUT2D eigenvalue weighted by molar-refractivity contribution is 0.1000. The Balaban J connectivity index is 1.95. The first-order valence-electron chi connectivity index (χ1n) is 6.38. The summed E-state index contributed by atoms with van der Waals surface area (Å²) in [5, 5.41) is 3.36.